The summed E-state index contributed by atoms with van der Waals surface area (Å²) in [6, 6.07) is 3.84. The van der Waals surface area contributed by atoms with Crippen molar-refractivity contribution in [1.29, 1.82) is 0 Å². The van der Waals surface area contributed by atoms with E-state index in [0.717, 1.165) is 35.6 Å². The number of methoxy groups -OCH3 is 1. The minimum Gasteiger partial charge on any atom is -0.481 e. The van der Waals surface area contributed by atoms with Gasteiger partial charge in [-0.1, -0.05) is 13.3 Å². The molecular formula is C14H19N3O. The van der Waals surface area contributed by atoms with E-state index in [1.165, 1.54) is 6.42 Å². The molecule has 96 valence electrons. The molecule has 0 spiro atoms. The highest BCUT2D eigenvalue weighted by Gasteiger charge is 2.09. The molecule has 0 saturated carbocycles. The Morgan fingerprint density at radius 2 is 2.17 bits per heavy atom. The van der Waals surface area contributed by atoms with Gasteiger partial charge in [-0.2, -0.15) is 0 Å². The first-order chi connectivity index (χ1) is 8.74. The van der Waals surface area contributed by atoms with Crippen LogP contribution in [0.3, 0.4) is 0 Å². The van der Waals surface area contributed by atoms with Crippen LogP contribution in [0.1, 0.15) is 31.3 Å². The lowest BCUT2D eigenvalue weighted by molar-refractivity contribution is 0.398. The van der Waals surface area contributed by atoms with Crippen LogP contribution in [-0.4, -0.2) is 22.1 Å². The molecule has 0 bridgehead atoms. The van der Waals surface area contributed by atoms with Crippen LogP contribution in [0.4, 0.5) is 0 Å². The average Bonchev–Trinajstić information content (AvgIpc) is 2.78. The third-order valence-corrected chi connectivity index (χ3v) is 2.92. The van der Waals surface area contributed by atoms with E-state index in [1.54, 1.807) is 13.3 Å². The largest absolute Gasteiger partial charge is 0.481 e. The summed E-state index contributed by atoms with van der Waals surface area (Å²) in [6.07, 6.45) is 5.14. The second-order valence-corrected chi connectivity index (χ2v) is 4.35. The molecule has 2 heterocycles. The fourth-order valence-electron chi connectivity index (χ4n) is 1.91. The number of H-pyrrole nitrogens is 1. The van der Waals surface area contributed by atoms with Crippen LogP contribution in [0.15, 0.2) is 18.3 Å². The van der Waals surface area contributed by atoms with E-state index >= 15 is 0 Å². The molecule has 0 aromatic carbocycles. The highest BCUT2D eigenvalue weighted by atomic mass is 16.5. The Hall–Kier alpha value is -1.84. The number of rotatable bonds is 5. The highest BCUT2D eigenvalue weighted by Crippen LogP contribution is 2.22. The molecule has 0 aliphatic carbocycles. The first-order valence-corrected chi connectivity index (χ1v) is 6.30. The third-order valence-electron chi connectivity index (χ3n) is 2.92. The average molecular weight is 245 g/mol. The third kappa shape index (κ3) is 2.70. The second kappa shape index (κ2) is 5.67. The SMILES string of the molecule is CCCCc1nc(-c2ccc(OC)nc2)c(C)[nH]1. The maximum absolute atomic E-state index is 5.05. The Balaban J connectivity index is 2.23. The maximum Gasteiger partial charge on any atom is 0.212 e. The van der Waals surface area contributed by atoms with Gasteiger partial charge in [0.05, 0.1) is 12.8 Å². The molecular weight excluding hydrogens is 226 g/mol. The lowest BCUT2D eigenvalue weighted by atomic mass is 10.2. The van der Waals surface area contributed by atoms with Crippen LogP contribution < -0.4 is 4.74 Å². The Kier molecular flexibility index (Phi) is 3.97. The molecule has 18 heavy (non-hydrogen) atoms. The first kappa shape index (κ1) is 12.6. The van der Waals surface area contributed by atoms with Crippen molar-refractivity contribution in [2.45, 2.75) is 33.1 Å². The fraction of sp³-hybridized carbons (Fsp3) is 0.429. The Morgan fingerprint density at radius 3 is 2.78 bits per heavy atom. The molecule has 0 aliphatic rings. The van der Waals surface area contributed by atoms with Gasteiger partial charge >= 0.3 is 0 Å². The van der Waals surface area contributed by atoms with Crippen LogP contribution in [-0.2, 0) is 6.42 Å². The van der Waals surface area contributed by atoms with Crippen molar-refractivity contribution in [2.24, 2.45) is 0 Å². The minimum absolute atomic E-state index is 0.623. The summed E-state index contributed by atoms with van der Waals surface area (Å²) in [5, 5.41) is 0. The molecule has 2 rings (SSSR count). The number of imidazole rings is 1. The molecule has 0 amide bonds. The van der Waals surface area contributed by atoms with E-state index in [1.807, 2.05) is 19.1 Å². The maximum atomic E-state index is 5.05. The summed E-state index contributed by atoms with van der Waals surface area (Å²) in [5.74, 6) is 1.68. The number of aryl methyl sites for hydroxylation is 2. The van der Waals surface area contributed by atoms with Crippen LogP contribution in [0.2, 0.25) is 0 Å². The standard InChI is InChI=1S/C14H19N3O/c1-4-5-6-12-16-10(2)14(17-12)11-7-8-13(18-3)15-9-11/h7-9H,4-6H2,1-3H3,(H,16,17). The predicted molar refractivity (Wildman–Crippen MR) is 71.7 cm³/mol. The van der Waals surface area contributed by atoms with Gasteiger partial charge in [0.2, 0.25) is 5.88 Å². The number of nitrogens with one attached hydrogen (secondary N) is 1. The number of aromatic nitrogens is 3. The van der Waals surface area contributed by atoms with Gasteiger partial charge in [0, 0.05) is 29.9 Å². The zero-order valence-corrected chi connectivity index (χ0v) is 11.2. The quantitative estimate of drug-likeness (QED) is 0.880. The van der Waals surface area contributed by atoms with Crippen molar-refractivity contribution in [3.63, 3.8) is 0 Å². The lowest BCUT2D eigenvalue weighted by Crippen LogP contribution is -1.89. The molecule has 0 radical (unpaired) electrons. The number of nitrogens with zero attached hydrogens (tertiary/aromatic N) is 2. The van der Waals surface area contributed by atoms with Gasteiger partial charge < -0.3 is 9.72 Å². The van der Waals surface area contributed by atoms with Crippen molar-refractivity contribution >= 4 is 0 Å². The molecule has 0 saturated heterocycles. The highest BCUT2D eigenvalue weighted by molar-refractivity contribution is 5.61. The topological polar surface area (TPSA) is 50.8 Å². The Morgan fingerprint density at radius 1 is 1.33 bits per heavy atom. The summed E-state index contributed by atoms with van der Waals surface area (Å²) in [7, 11) is 1.62. The van der Waals surface area contributed by atoms with Crippen LogP contribution in [0.5, 0.6) is 5.88 Å². The summed E-state index contributed by atoms with van der Waals surface area (Å²) in [5.41, 5.74) is 3.09. The zero-order chi connectivity index (χ0) is 13.0. The van der Waals surface area contributed by atoms with E-state index < -0.39 is 0 Å². The van der Waals surface area contributed by atoms with Gasteiger partial charge in [-0.05, 0) is 19.4 Å². The van der Waals surface area contributed by atoms with Crippen molar-refractivity contribution in [1.82, 2.24) is 15.0 Å². The van der Waals surface area contributed by atoms with Crippen LogP contribution in [0.25, 0.3) is 11.3 Å². The van der Waals surface area contributed by atoms with Crippen molar-refractivity contribution in [3.8, 4) is 17.1 Å². The van der Waals surface area contributed by atoms with Gasteiger partial charge in [0.25, 0.3) is 0 Å². The number of pyridine rings is 1. The molecule has 0 atom stereocenters. The van der Waals surface area contributed by atoms with Crippen LogP contribution in [0, 0.1) is 6.92 Å². The van der Waals surface area contributed by atoms with E-state index in [-0.39, 0.29) is 0 Å². The van der Waals surface area contributed by atoms with Gasteiger partial charge in [-0.15, -0.1) is 0 Å². The fourth-order valence-corrected chi connectivity index (χ4v) is 1.91. The number of unbranched alkanes of at least 4 members (excludes halogenated alkanes) is 1. The van der Waals surface area contributed by atoms with E-state index in [9.17, 15) is 0 Å². The van der Waals surface area contributed by atoms with Gasteiger partial charge in [-0.3, -0.25) is 0 Å². The molecule has 0 fully saturated rings. The van der Waals surface area contributed by atoms with Gasteiger partial charge in [-0.25, -0.2) is 9.97 Å². The molecule has 4 heteroatoms. The number of ether oxygens (including phenoxy) is 1. The number of hydrogen-bond acceptors (Lipinski definition) is 3. The summed E-state index contributed by atoms with van der Waals surface area (Å²) in [6.45, 7) is 4.23. The van der Waals surface area contributed by atoms with Crippen LogP contribution >= 0.6 is 0 Å². The smallest absolute Gasteiger partial charge is 0.212 e. The summed E-state index contributed by atoms with van der Waals surface area (Å²) in [4.78, 5) is 12.2. The van der Waals surface area contributed by atoms with Gasteiger partial charge in [0.15, 0.2) is 0 Å². The van der Waals surface area contributed by atoms with Crippen molar-refractivity contribution in [2.75, 3.05) is 7.11 Å². The Bertz CT molecular complexity index is 502. The number of aromatic amines is 1. The number of hydrogen-bond donors (Lipinski definition) is 1. The Labute approximate surface area is 107 Å². The molecule has 0 aliphatic heterocycles. The predicted octanol–water partition coefficient (Wildman–Crippen LogP) is 3.13. The molecule has 2 aromatic rings. The van der Waals surface area contributed by atoms with E-state index in [4.69, 9.17) is 4.74 Å². The van der Waals surface area contributed by atoms with Crippen molar-refractivity contribution in [3.05, 3.63) is 29.8 Å². The molecule has 0 unspecified atom stereocenters. The first-order valence-electron chi connectivity index (χ1n) is 6.30. The normalized spacial score (nSPS) is 10.6. The molecule has 1 N–H and O–H groups in total. The molecule has 4 nitrogen and oxygen atoms in total. The summed E-state index contributed by atoms with van der Waals surface area (Å²) >= 11 is 0. The zero-order valence-electron chi connectivity index (χ0n) is 11.2. The minimum atomic E-state index is 0.623. The van der Waals surface area contributed by atoms with Crippen molar-refractivity contribution < 1.29 is 4.74 Å². The van der Waals surface area contributed by atoms with E-state index in [0.29, 0.717) is 5.88 Å². The monoisotopic (exact) mass is 245 g/mol. The van der Waals surface area contributed by atoms with E-state index in [2.05, 4.69) is 21.9 Å². The molecule has 2 aromatic heterocycles. The second-order valence-electron chi connectivity index (χ2n) is 4.35. The lowest BCUT2D eigenvalue weighted by Gasteiger charge is -2.00. The van der Waals surface area contributed by atoms with Gasteiger partial charge in [0.1, 0.15) is 5.82 Å². The summed E-state index contributed by atoms with van der Waals surface area (Å²) < 4.78 is 5.05.